The third-order valence-electron chi connectivity index (χ3n) is 4.81. The van der Waals surface area contributed by atoms with Crippen LogP contribution in [-0.4, -0.2) is 56.9 Å². The van der Waals surface area contributed by atoms with Gasteiger partial charge >= 0.3 is 0 Å². The molecule has 0 atom stereocenters. The molecule has 1 aliphatic heterocycles. The van der Waals surface area contributed by atoms with E-state index in [0.29, 0.717) is 60.9 Å². The molecule has 0 saturated carbocycles. The smallest absolute Gasteiger partial charge is 0.244 e. The number of ether oxygens (including phenoxy) is 1. The number of hydrogen-bond acceptors (Lipinski definition) is 8. The molecule has 1 aromatic carbocycles. The van der Waals surface area contributed by atoms with Gasteiger partial charge in [-0.2, -0.15) is 15.3 Å². The van der Waals surface area contributed by atoms with Gasteiger partial charge in [0.25, 0.3) is 0 Å². The summed E-state index contributed by atoms with van der Waals surface area (Å²) in [6.07, 6.45) is 4.82. The number of nitriles is 1. The van der Waals surface area contributed by atoms with Crippen molar-refractivity contribution in [3.05, 3.63) is 59.0 Å². The number of carbonyl (C=O) groups excluding carboxylic acids is 1. The number of nitrogens with one attached hydrogen (secondary N) is 2. The highest BCUT2D eigenvalue weighted by Gasteiger charge is 2.17. The van der Waals surface area contributed by atoms with Crippen molar-refractivity contribution in [2.24, 2.45) is 0 Å². The van der Waals surface area contributed by atoms with Crippen LogP contribution in [0.25, 0.3) is 0 Å². The molecule has 1 aliphatic rings. The number of amides is 1. The molecule has 0 radical (unpaired) electrons. The number of halogens is 1. The highest BCUT2D eigenvalue weighted by molar-refractivity contribution is 6.32. The number of anilines is 3. The van der Waals surface area contributed by atoms with Crippen molar-refractivity contribution >= 4 is 35.0 Å². The standard InChI is InChI=1S/C21H21ClN8O2/c22-18-12-25-21(28-20(18)24-10-16-3-1-2-15(8-16)9-23)27-17-11-26-30(13-17)14-19(31)29-4-6-32-7-5-29/h1-3,8,11-13H,4-7,10,14H2,(H2,24,25,27,28). The first-order chi connectivity index (χ1) is 15.6. The average Bonchev–Trinajstić information content (AvgIpc) is 3.26. The molecule has 3 aromatic rings. The second-order valence-corrected chi connectivity index (χ2v) is 7.51. The van der Waals surface area contributed by atoms with Gasteiger partial charge in [0.1, 0.15) is 11.6 Å². The summed E-state index contributed by atoms with van der Waals surface area (Å²) in [5.41, 5.74) is 2.17. The Morgan fingerprint density at radius 3 is 2.94 bits per heavy atom. The predicted molar refractivity (Wildman–Crippen MR) is 118 cm³/mol. The van der Waals surface area contributed by atoms with Crippen molar-refractivity contribution in [3.8, 4) is 6.07 Å². The Morgan fingerprint density at radius 1 is 1.28 bits per heavy atom. The second kappa shape index (κ2) is 10.1. The number of nitrogens with zero attached hydrogens (tertiary/aromatic N) is 6. The van der Waals surface area contributed by atoms with E-state index in [-0.39, 0.29) is 12.5 Å². The Labute approximate surface area is 189 Å². The summed E-state index contributed by atoms with van der Waals surface area (Å²) >= 11 is 6.22. The van der Waals surface area contributed by atoms with E-state index in [4.69, 9.17) is 21.6 Å². The van der Waals surface area contributed by atoms with Crippen molar-refractivity contribution in [2.75, 3.05) is 36.9 Å². The molecule has 0 bridgehead atoms. The lowest BCUT2D eigenvalue weighted by Crippen LogP contribution is -2.42. The van der Waals surface area contributed by atoms with Crippen molar-refractivity contribution in [3.63, 3.8) is 0 Å². The minimum Gasteiger partial charge on any atom is -0.378 e. The summed E-state index contributed by atoms with van der Waals surface area (Å²) in [6, 6.07) is 9.40. The zero-order valence-electron chi connectivity index (χ0n) is 17.2. The van der Waals surface area contributed by atoms with Crippen molar-refractivity contribution in [1.29, 1.82) is 5.26 Å². The first-order valence-corrected chi connectivity index (χ1v) is 10.4. The van der Waals surface area contributed by atoms with Crippen LogP contribution >= 0.6 is 11.6 Å². The van der Waals surface area contributed by atoms with Gasteiger partial charge in [-0.15, -0.1) is 0 Å². The van der Waals surface area contributed by atoms with E-state index in [2.05, 4.69) is 31.8 Å². The number of rotatable bonds is 7. The molecule has 10 nitrogen and oxygen atoms in total. The minimum absolute atomic E-state index is 0.00218. The Morgan fingerprint density at radius 2 is 2.12 bits per heavy atom. The maximum absolute atomic E-state index is 12.4. The second-order valence-electron chi connectivity index (χ2n) is 7.10. The lowest BCUT2D eigenvalue weighted by Gasteiger charge is -2.26. The topological polar surface area (TPSA) is 121 Å². The fraction of sp³-hybridized carbons (Fsp3) is 0.286. The van der Waals surface area contributed by atoms with Gasteiger partial charge in [-0.05, 0) is 17.7 Å². The zero-order chi connectivity index (χ0) is 22.3. The molecule has 1 amide bonds. The summed E-state index contributed by atoms with van der Waals surface area (Å²) in [5, 5.41) is 19.9. The van der Waals surface area contributed by atoms with Gasteiger partial charge < -0.3 is 20.3 Å². The predicted octanol–water partition coefficient (Wildman–Crippen LogP) is 2.41. The molecule has 0 spiro atoms. The Hall–Kier alpha value is -3.68. The summed E-state index contributed by atoms with van der Waals surface area (Å²) in [4.78, 5) is 22.7. The van der Waals surface area contributed by atoms with E-state index < -0.39 is 0 Å². The molecular weight excluding hydrogens is 432 g/mol. The number of carbonyl (C=O) groups is 1. The molecular formula is C21H21ClN8O2. The molecule has 0 unspecified atom stereocenters. The molecule has 11 heteroatoms. The molecule has 4 rings (SSSR count). The van der Waals surface area contributed by atoms with Crippen LogP contribution in [0.15, 0.2) is 42.9 Å². The van der Waals surface area contributed by atoms with Crippen molar-refractivity contribution < 1.29 is 9.53 Å². The van der Waals surface area contributed by atoms with Gasteiger partial charge in [-0.1, -0.05) is 23.7 Å². The maximum atomic E-state index is 12.4. The van der Waals surface area contributed by atoms with Crippen LogP contribution in [0.2, 0.25) is 5.02 Å². The van der Waals surface area contributed by atoms with Crippen LogP contribution in [0.3, 0.4) is 0 Å². The fourth-order valence-corrected chi connectivity index (χ4v) is 3.34. The molecule has 1 saturated heterocycles. The highest BCUT2D eigenvalue weighted by Crippen LogP contribution is 2.22. The van der Waals surface area contributed by atoms with E-state index in [1.807, 2.05) is 12.1 Å². The average molecular weight is 453 g/mol. The van der Waals surface area contributed by atoms with E-state index in [0.717, 1.165) is 5.56 Å². The monoisotopic (exact) mass is 452 g/mol. The van der Waals surface area contributed by atoms with Gasteiger partial charge in [-0.25, -0.2) is 4.98 Å². The van der Waals surface area contributed by atoms with Gasteiger partial charge in [0, 0.05) is 25.8 Å². The lowest BCUT2D eigenvalue weighted by molar-refractivity contribution is -0.136. The molecule has 0 aliphatic carbocycles. The maximum Gasteiger partial charge on any atom is 0.244 e. The van der Waals surface area contributed by atoms with Crippen LogP contribution in [0.5, 0.6) is 0 Å². The van der Waals surface area contributed by atoms with Crippen LogP contribution in [0.4, 0.5) is 17.5 Å². The number of hydrogen-bond donors (Lipinski definition) is 2. The Balaban J connectivity index is 1.37. The first-order valence-electron chi connectivity index (χ1n) is 10.0. The number of benzene rings is 1. The van der Waals surface area contributed by atoms with E-state index in [1.165, 1.54) is 6.20 Å². The highest BCUT2D eigenvalue weighted by atomic mass is 35.5. The van der Waals surface area contributed by atoms with Crippen LogP contribution < -0.4 is 10.6 Å². The van der Waals surface area contributed by atoms with E-state index >= 15 is 0 Å². The number of aromatic nitrogens is 4. The summed E-state index contributed by atoms with van der Waals surface area (Å²) in [6.45, 7) is 2.92. The first kappa shape index (κ1) is 21.5. The van der Waals surface area contributed by atoms with E-state index in [9.17, 15) is 4.79 Å². The lowest BCUT2D eigenvalue weighted by atomic mass is 10.1. The third kappa shape index (κ3) is 5.51. The Bertz CT molecular complexity index is 1140. The molecule has 2 N–H and O–H groups in total. The summed E-state index contributed by atoms with van der Waals surface area (Å²) < 4.78 is 6.84. The number of morpholine rings is 1. The molecule has 164 valence electrons. The summed E-state index contributed by atoms with van der Waals surface area (Å²) in [5.74, 6) is 0.792. The van der Waals surface area contributed by atoms with E-state index in [1.54, 1.807) is 34.1 Å². The quantitative estimate of drug-likeness (QED) is 0.560. The third-order valence-corrected chi connectivity index (χ3v) is 5.09. The van der Waals surface area contributed by atoms with Crippen LogP contribution in [0, 0.1) is 11.3 Å². The van der Waals surface area contributed by atoms with Gasteiger partial charge in [0.2, 0.25) is 11.9 Å². The molecule has 3 heterocycles. The van der Waals surface area contributed by atoms with Gasteiger partial charge in [-0.3, -0.25) is 9.48 Å². The largest absolute Gasteiger partial charge is 0.378 e. The summed E-state index contributed by atoms with van der Waals surface area (Å²) in [7, 11) is 0. The van der Waals surface area contributed by atoms with Gasteiger partial charge in [0.15, 0.2) is 5.82 Å². The normalized spacial score (nSPS) is 13.4. The Kier molecular flexibility index (Phi) is 6.79. The molecule has 1 fully saturated rings. The molecule has 2 aromatic heterocycles. The van der Waals surface area contributed by atoms with Gasteiger partial charge in [0.05, 0.1) is 42.9 Å². The SMILES string of the molecule is N#Cc1cccc(CNc2nc(Nc3cnn(CC(=O)N4CCOCC4)c3)ncc2Cl)c1. The van der Waals surface area contributed by atoms with Crippen molar-refractivity contribution in [1.82, 2.24) is 24.6 Å². The van der Waals surface area contributed by atoms with Crippen LogP contribution in [-0.2, 0) is 22.6 Å². The van der Waals surface area contributed by atoms with Crippen molar-refractivity contribution in [2.45, 2.75) is 13.1 Å². The zero-order valence-corrected chi connectivity index (χ0v) is 17.9. The minimum atomic E-state index is -0.00218. The fourth-order valence-electron chi connectivity index (χ4n) is 3.18. The molecule has 32 heavy (non-hydrogen) atoms. The van der Waals surface area contributed by atoms with Crippen LogP contribution in [0.1, 0.15) is 11.1 Å².